The molecule has 0 spiro atoms. The smallest absolute Gasteiger partial charge is 0.171 e. The van der Waals surface area contributed by atoms with Crippen LogP contribution in [0.15, 0.2) is 40.4 Å². The SMILES string of the molecule is Brc1cnn2c(NCc3cccs3)ccnc12. The van der Waals surface area contributed by atoms with Crippen molar-refractivity contribution >= 4 is 38.7 Å². The molecule has 0 atom stereocenters. The molecule has 0 unspecified atom stereocenters. The summed E-state index contributed by atoms with van der Waals surface area (Å²) in [6, 6.07) is 6.07. The monoisotopic (exact) mass is 308 g/mol. The van der Waals surface area contributed by atoms with Gasteiger partial charge < -0.3 is 5.32 Å². The molecule has 3 rings (SSSR count). The fourth-order valence-corrected chi connectivity index (χ4v) is 2.59. The number of nitrogens with zero attached hydrogens (tertiary/aromatic N) is 3. The highest BCUT2D eigenvalue weighted by Gasteiger charge is 2.05. The van der Waals surface area contributed by atoms with Crippen LogP contribution in [0, 0.1) is 0 Å². The maximum Gasteiger partial charge on any atom is 0.171 e. The quantitative estimate of drug-likeness (QED) is 0.808. The minimum absolute atomic E-state index is 0.800. The largest absolute Gasteiger partial charge is 0.365 e. The van der Waals surface area contributed by atoms with Crippen molar-refractivity contribution in [1.29, 1.82) is 0 Å². The second-order valence-electron chi connectivity index (χ2n) is 3.49. The van der Waals surface area contributed by atoms with Crippen LogP contribution in [0.1, 0.15) is 4.88 Å². The lowest BCUT2D eigenvalue weighted by atomic mass is 10.4. The van der Waals surface area contributed by atoms with Crippen molar-refractivity contribution in [1.82, 2.24) is 14.6 Å². The molecule has 0 aliphatic rings. The lowest BCUT2D eigenvalue weighted by molar-refractivity contribution is 0.928. The fraction of sp³-hybridized carbons (Fsp3) is 0.0909. The fourth-order valence-electron chi connectivity index (χ4n) is 1.59. The Bertz CT molecular complexity index is 632. The van der Waals surface area contributed by atoms with Gasteiger partial charge in [-0.1, -0.05) is 6.07 Å². The Balaban J connectivity index is 1.90. The summed E-state index contributed by atoms with van der Waals surface area (Å²) in [5.74, 6) is 0.939. The van der Waals surface area contributed by atoms with Gasteiger partial charge in [-0.05, 0) is 33.4 Å². The first kappa shape index (κ1) is 10.7. The Kier molecular flexibility index (Phi) is 2.82. The molecule has 0 bridgehead atoms. The topological polar surface area (TPSA) is 42.2 Å². The molecule has 0 saturated heterocycles. The highest BCUT2D eigenvalue weighted by molar-refractivity contribution is 9.10. The van der Waals surface area contributed by atoms with Crippen molar-refractivity contribution in [3.8, 4) is 0 Å². The minimum Gasteiger partial charge on any atom is -0.365 e. The van der Waals surface area contributed by atoms with Gasteiger partial charge in [0.2, 0.25) is 0 Å². The number of hydrogen-bond acceptors (Lipinski definition) is 4. The maximum atomic E-state index is 4.27. The highest BCUT2D eigenvalue weighted by atomic mass is 79.9. The first-order valence-corrected chi connectivity index (χ1v) is 6.76. The van der Waals surface area contributed by atoms with E-state index in [1.165, 1.54) is 4.88 Å². The zero-order valence-corrected chi connectivity index (χ0v) is 11.2. The molecule has 0 amide bonds. The molecule has 6 heteroatoms. The molecule has 0 fully saturated rings. The first-order chi connectivity index (χ1) is 8.34. The first-order valence-electron chi connectivity index (χ1n) is 5.09. The lowest BCUT2D eigenvalue weighted by Gasteiger charge is -2.06. The number of halogens is 1. The van der Waals surface area contributed by atoms with E-state index in [1.54, 1.807) is 28.2 Å². The summed E-state index contributed by atoms with van der Waals surface area (Å²) in [6.07, 6.45) is 3.52. The van der Waals surface area contributed by atoms with Crippen molar-refractivity contribution in [3.63, 3.8) is 0 Å². The van der Waals surface area contributed by atoms with Crippen LogP contribution >= 0.6 is 27.3 Å². The van der Waals surface area contributed by atoms with Crippen molar-refractivity contribution in [2.45, 2.75) is 6.54 Å². The van der Waals surface area contributed by atoms with Crippen LogP contribution in [0.25, 0.3) is 5.65 Å². The summed E-state index contributed by atoms with van der Waals surface area (Å²) >= 11 is 5.16. The number of rotatable bonds is 3. The molecule has 4 nitrogen and oxygen atoms in total. The number of thiophene rings is 1. The summed E-state index contributed by atoms with van der Waals surface area (Å²) in [6.45, 7) is 0.800. The third kappa shape index (κ3) is 2.05. The van der Waals surface area contributed by atoms with Crippen molar-refractivity contribution in [2.24, 2.45) is 0 Å². The normalized spacial score (nSPS) is 10.9. The number of fused-ring (bicyclic) bond motifs is 1. The van der Waals surface area contributed by atoms with Crippen LogP contribution in [-0.4, -0.2) is 14.6 Å². The Morgan fingerprint density at radius 2 is 2.35 bits per heavy atom. The van der Waals surface area contributed by atoms with Crippen LogP contribution in [0.5, 0.6) is 0 Å². The Labute approximate surface area is 110 Å². The number of aromatic nitrogens is 3. The van der Waals surface area contributed by atoms with E-state index in [4.69, 9.17) is 0 Å². The van der Waals surface area contributed by atoms with E-state index in [-0.39, 0.29) is 0 Å². The molecule has 17 heavy (non-hydrogen) atoms. The Hall–Kier alpha value is -1.40. The molecular formula is C11H9BrN4S. The van der Waals surface area contributed by atoms with E-state index in [0.29, 0.717) is 0 Å². The third-order valence-electron chi connectivity index (χ3n) is 2.38. The third-order valence-corrected chi connectivity index (χ3v) is 3.82. The van der Waals surface area contributed by atoms with E-state index in [0.717, 1.165) is 22.5 Å². The number of anilines is 1. The molecule has 0 radical (unpaired) electrons. The lowest BCUT2D eigenvalue weighted by Crippen LogP contribution is -2.04. The van der Waals surface area contributed by atoms with Crippen LogP contribution in [0.2, 0.25) is 0 Å². The van der Waals surface area contributed by atoms with Gasteiger partial charge in [-0.3, -0.25) is 0 Å². The van der Waals surface area contributed by atoms with E-state index >= 15 is 0 Å². The minimum atomic E-state index is 0.800. The van der Waals surface area contributed by atoms with Gasteiger partial charge in [-0.2, -0.15) is 9.61 Å². The van der Waals surface area contributed by atoms with E-state index in [1.807, 2.05) is 12.1 Å². The van der Waals surface area contributed by atoms with Gasteiger partial charge in [0.15, 0.2) is 5.65 Å². The molecule has 0 aliphatic carbocycles. The van der Waals surface area contributed by atoms with Gasteiger partial charge in [0, 0.05) is 11.1 Å². The summed E-state index contributed by atoms with van der Waals surface area (Å²) in [7, 11) is 0. The molecule has 0 aromatic carbocycles. The number of nitrogens with one attached hydrogen (secondary N) is 1. The van der Waals surface area contributed by atoms with Gasteiger partial charge in [-0.15, -0.1) is 11.3 Å². The average Bonchev–Trinajstić information content (AvgIpc) is 2.97. The highest BCUT2D eigenvalue weighted by Crippen LogP contribution is 2.19. The predicted molar refractivity (Wildman–Crippen MR) is 72.3 cm³/mol. The summed E-state index contributed by atoms with van der Waals surface area (Å²) in [5.41, 5.74) is 0.821. The van der Waals surface area contributed by atoms with Gasteiger partial charge in [0.05, 0.1) is 17.2 Å². The Morgan fingerprint density at radius 1 is 1.41 bits per heavy atom. The average molecular weight is 309 g/mol. The van der Waals surface area contributed by atoms with Gasteiger partial charge in [0.25, 0.3) is 0 Å². The van der Waals surface area contributed by atoms with Crippen molar-refractivity contribution < 1.29 is 0 Å². The van der Waals surface area contributed by atoms with Gasteiger partial charge >= 0.3 is 0 Å². The molecule has 86 valence electrons. The molecule has 0 aliphatic heterocycles. The molecule has 1 N–H and O–H groups in total. The molecule has 0 saturated carbocycles. The standard InChI is InChI=1S/C11H9BrN4S/c12-9-7-15-16-10(3-4-13-11(9)16)14-6-8-2-1-5-17-8/h1-5,7,14H,6H2. The van der Waals surface area contributed by atoms with Crippen LogP contribution in [0.3, 0.4) is 0 Å². The van der Waals surface area contributed by atoms with E-state index < -0.39 is 0 Å². The molecule has 3 heterocycles. The van der Waals surface area contributed by atoms with Crippen molar-refractivity contribution in [2.75, 3.05) is 5.32 Å². The van der Waals surface area contributed by atoms with Crippen LogP contribution in [0.4, 0.5) is 5.82 Å². The zero-order chi connectivity index (χ0) is 11.7. The van der Waals surface area contributed by atoms with E-state index in [9.17, 15) is 0 Å². The molecule has 3 aromatic heterocycles. The van der Waals surface area contributed by atoms with Crippen molar-refractivity contribution in [3.05, 3.63) is 45.3 Å². The van der Waals surface area contributed by atoms with E-state index in [2.05, 4.69) is 42.8 Å². The summed E-state index contributed by atoms with van der Waals surface area (Å²) < 4.78 is 2.69. The van der Waals surface area contributed by atoms with Crippen LogP contribution < -0.4 is 5.32 Å². The zero-order valence-electron chi connectivity index (χ0n) is 8.80. The second-order valence-corrected chi connectivity index (χ2v) is 5.38. The van der Waals surface area contributed by atoms with Crippen LogP contribution in [-0.2, 0) is 6.54 Å². The maximum absolute atomic E-state index is 4.27. The molecule has 3 aromatic rings. The Morgan fingerprint density at radius 3 is 3.18 bits per heavy atom. The summed E-state index contributed by atoms with van der Waals surface area (Å²) in [5, 5.41) is 9.69. The molecular weight excluding hydrogens is 300 g/mol. The summed E-state index contributed by atoms with van der Waals surface area (Å²) in [4.78, 5) is 5.56. The number of hydrogen-bond donors (Lipinski definition) is 1. The van der Waals surface area contributed by atoms with Gasteiger partial charge in [-0.25, -0.2) is 4.98 Å². The van der Waals surface area contributed by atoms with Gasteiger partial charge in [0.1, 0.15) is 5.82 Å². The second kappa shape index (κ2) is 4.46. The predicted octanol–water partition coefficient (Wildman–Crippen LogP) is 3.17.